The summed E-state index contributed by atoms with van der Waals surface area (Å²) >= 11 is 1.85. The van der Waals surface area contributed by atoms with Gasteiger partial charge in [0.05, 0.1) is 0 Å². The van der Waals surface area contributed by atoms with Crippen LogP contribution in [0.2, 0.25) is 0 Å². The Morgan fingerprint density at radius 2 is 0.603 bits per heavy atom. The van der Waals surface area contributed by atoms with E-state index in [2.05, 4.69) is 251 Å². The van der Waals surface area contributed by atoms with Crippen LogP contribution >= 0.6 is 11.3 Å². The molecule has 276 valence electrons. The number of hydrogen-bond donors (Lipinski definition) is 0. The number of para-hydroxylation sites is 5. The lowest BCUT2D eigenvalue weighted by Crippen LogP contribution is -2.13. The van der Waals surface area contributed by atoms with Gasteiger partial charge < -0.3 is 14.7 Å². The van der Waals surface area contributed by atoms with Crippen molar-refractivity contribution in [3.63, 3.8) is 0 Å². The first-order valence-corrected chi connectivity index (χ1v) is 20.4. The van der Waals surface area contributed by atoms with Gasteiger partial charge in [0.2, 0.25) is 0 Å². The molecule has 0 radical (unpaired) electrons. The Balaban J connectivity index is 1.18. The average Bonchev–Trinajstić information content (AvgIpc) is 3.67. The molecule has 0 atom stereocenters. The van der Waals surface area contributed by atoms with E-state index in [1.807, 2.05) is 11.3 Å². The molecule has 0 amide bonds. The quantitative estimate of drug-likeness (QED) is 0.137. The standard InChI is InChI=1S/C54H39N3S/c1-6-20-42(21-7-1)55(43-22-8-2-9-23-43)49-36-41(37-50(38-49)56(44-24-10-3-11-25-44)45-26-12-4-13-27-45)40-19-18-30-47(35-40)57(46-28-14-5-15-29-46)48-33-34-54-52(39-48)51-31-16-17-32-53(51)58-54/h1-39H. The predicted molar refractivity (Wildman–Crippen MR) is 249 cm³/mol. The van der Waals surface area contributed by atoms with Gasteiger partial charge >= 0.3 is 0 Å². The van der Waals surface area contributed by atoms with Crippen LogP contribution in [0.15, 0.2) is 237 Å². The summed E-state index contributed by atoms with van der Waals surface area (Å²) in [5.74, 6) is 0. The summed E-state index contributed by atoms with van der Waals surface area (Å²) in [4.78, 5) is 7.07. The Morgan fingerprint density at radius 3 is 1.10 bits per heavy atom. The molecule has 10 aromatic rings. The van der Waals surface area contributed by atoms with Crippen molar-refractivity contribution in [2.75, 3.05) is 14.7 Å². The summed E-state index contributed by atoms with van der Waals surface area (Å²) in [6.45, 7) is 0. The monoisotopic (exact) mass is 761 g/mol. The molecule has 0 aliphatic heterocycles. The third kappa shape index (κ3) is 6.87. The summed E-state index contributed by atoms with van der Waals surface area (Å²) in [5, 5.41) is 2.56. The highest BCUT2D eigenvalue weighted by molar-refractivity contribution is 7.25. The predicted octanol–water partition coefficient (Wildman–Crippen LogP) is 16.1. The van der Waals surface area contributed by atoms with Gasteiger partial charge in [-0.15, -0.1) is 11.3 Å². The molecule has 0 fully saturated rings. The third-order valence-electron chi connectivity index (χ3n) is 10.5. The molecule has 9 aromatic carbocycles. The Kier molecular flexibility index (Phi) is 9.44. The highest BCUT2D eigenvalue weighted by Crippen LogP contribution is 2.45. The topological polar surface area (TPSA) is 9.72 Å². The molecule has 0 aliphatic rings. The minimum Gasteiger partial charge on any atom is -0.310 e. The second-order valence-corrected chi connectivity index (χ2v) is 15.3. The minimum atomic E-state index is 1.06. The fourth-order valence-electron chi connectivity index (χ4n) is 7.92. The zero-order chi connectivity index (χ0) is 38.7. The molecule has 0 bridgehead atoms. The number of anilines is 9. The highest BCUT2D eigenvalue weighted by Gasteiger charge is 2.21. The van der Waals surface area contributed by atoms with E-state index in [1.54, 1.807) is 0 Å². The first-order chi connectivity index (χ1) is 28.8. The molecule has 0 N–H and O–H groups in total. The molecule has 0 aliphatic carbocycles. The summed E-state index contributed by atoms with van der Waals surface area (Å²) in [7, 11) is 0. The summed E-state index contributed by atoms with van der Waals surface area (Å²) < 4.78 is 2.59. The summed E-state index contributed by atoms with van der Waals surface area (Å²) in [6.07, 6.45) is 0. The van der Waals surface area contributed by atoms with Crippen LogP contribution < -0.4 is 14.7 Å². The van der Waals surface area contributed by atoms with Gasteiger partial charge in [-0.05, 0) is 126 Å². The second-order valence-electron chi connectivity index (χ2n) is 14.3. The number of hydrogen-bond acceptors (Lipinski definition) is 4. The van der Waals surface area contributed by atoms with Crippen molar-refractivity contribution in [2.24, 2.45) is 0 Å². The number of benzene rings is 9. The van der Waals surface area contributed by atoms with Crippen LogP contribution in [0.5, 0.6) is 0 Å². The van der Waals surface area contributed by atoms with Gasteiger partial charge in [0.25, 0.3) is 0 Å². The smallest absolute Gasteiger partial charge is 0.0488 e. The number of fused-ring (bicyclic) bond motifs is 3. The molecular weight excluding hydrogens is 723 g/mol. The van der Waals surface area contributed by atoms with Crippen molar-refractivity contribution in [1.82, 2.24) is 0 Å². The first-order valence-electron chi connectivity index (χ1n) is 19.6. The summed E-state index contributed by atoms with van der Waals surface area (Å²) in [6, 6.07) is 84.8. The molecule has 0 saturated carbocycles. The van der Waals surface area contributed by atoms with Crippen LogP contribution in [0.3, 0.4) is 0 Å². The van der Waals surface area contributed by atoms with Gasteiger partial charge in [-0.2, -0.15) is 0 Å². The van der Waals surface area contributed by atoms with E-state index in [-0.39, 0.29) is 0 Å². The number of rotatable bonds is 10. The van der Waals surface area contributed by atoms with Crippen LogP contribution in [0.4, 0.5) is 51.2 Å². The van der Waals surface area contributed by atoms with E-state index < -0.39 is 0 Å². The van der Waals surface area contributed by atoms with Crippen LogP contribution in [-0.4, -0.2) is 0 Å². The molecule has 0 unspecified atom stereocenters. The van der Waals surface area contributed by atoms with E-state index in [4.69, 9.17) is 0 Å². The molecule has 4 heteroatoms. The van der Waals surface area contributed by atoms with Crippen LogP contribution in [0, 0.1) is 0 Å². The lowest BCUT2D eigenvalue weighted by atomic mass is 10.0. The van der Waals surface area contributed by atoms with Crippen molar-refractivity contribution < 1.29 is 0 Å². The Hall–Kier alpha value is -7.40. The van der Waals surface area contributed by atoms with Crippen molar-refractivity contribution in [3.8, 4) is 11.1 Å². The van der Waals surface area contributed by atoms with Crippen molar-refractivity contribution in [1.29, 1.82) is 0 Å². The Bertz CT molecular complexity index is 2770. The number of nitrogens with zero attached hydrogens (tertiary/aromatic N) is 3. The molecule has 3 nitrogen and oxygen atoms in total. The molecular formula is C54H39N3S. The van der Waals surface area contributed by atoms with Crippen molar-refractivity contribution in [3.05, 3.63) is 237 Å². The zero-order valence-electron chi connectivity index (χ0n) is 31.8. The van der Waals surface area contributed by atoms with E-state index in [9.17, 15) is 0 Å². The van der Waals surface area contributed by atoms with Gasteiger partial charge in [0.1, 0.15) is 0 Å². The largest absolute Gasteiger partial charge is 0.310 e. The molecule has 0 spiro atoms. The molecule has 58 heavy (non-hydrogen) atoms. The fraction of sp³-hybridized carbons (Fsp3) is 0. The highest BCUT2D eigenvalue weighted by atomic mass is 32.1. The lowest BCUT2D eigenvalue weighted by molar-refractivity contribution is 1.25. The maximum Gasteiger partial charge on any atom is 0.0488 e. The number of thiophene rings is 1. The Labute approximate surface area is 343 Å². The van der Waals surface area contributed by atoms with Gasteiger partial charge in [0, 0.05) is 71.4 Å². The van der Waals surface area contributed by atoms with E-state index in [0.29, 0.717) is 0 Å². The van der Waals surface area contributed by atoms with E-state index in [0.717, 1.165) is 62.3 Å². The molecule has 0 saturated heterocycles. The van der Waals surface area contributed by atoms with Gasteiger partial charge in [0.15, 0.2) is 0 Å². The molecule has 1 heterocycles. The van der Waals surface area contributed by atoms with Crippen LogP contribution in [0.25, 0.3) is 31.3 Å². The molecule has 1 aromatic heterocycles. The average molecular weight is 762 g/mol. The van der Waals surface area contributed by atoms with Gasteiger partial charge in [-0.1, -0.05) is 121 Å². The maximum absolute atomic E-state index is 2.38. The van der Waals surface area contributed by atoms with E-state index >= 15 is 0 Å². The minimum absolute atomic E-state index is 1.06. The first kappa shape index (κ1) is 35.0. The fourth-order valence-corrected chi connectivity index (χ4v) is 9.01. The Morgan fingerprint density at radius 1 is 0.224 bits per heavy atom. The van der Waals surface area contributed by atoms with Gasteiger partial charge in [-0.3, -0.25) is 0 Å². The maximum atomic E-state index is 2.38. The lowest BCUT2D eigenvalue weighted by Gasteiger charge is -2.30. The van der Waals surface area contributed by atoms with Crippen LogP contribution in [-0.2, 0) is 0 Å². The summed E-state index contributed by atoms with van der Waals surface area (Å²) in [5.41, 5.74) is 12.0. The van der Waals surface area contributed by atoms with Crippen molar-refractivity contribution >= 4 is 82.7 Å². The van der Waals surface area contributed by atoms with Crippen molar-refractivity contribution in [2.45, 2.75) is 0 Å². The van der Waals surface area contributed by atoms with Gasteiger partial charge in [-0.25, -0.2) is 0 Å². The SMILES string of the molecule is c1ccc(N(c2ccccc2)c2cc(-c3cccc(N(c4ccccc4)c4ccc5sc6ccccc6c5c4)c3)cc(N(c3ccccc3)c3ccccc3)c2)cc1. The van der Waals surface area contributed by atoms with Crippen LogP contribution in [0.1, 0.15) is 0 Å². The molecule has 10 rings (SSSR count). The normalized spacial score (nSPS) is 11.1. The zero-order valence-corrected chi connectivity index (χ0v) is 32.6. The second kappa shape index (κ2) is 15.6. The third-order valence-corrected chi connectivity index (χ3v) is 11.7. The van der Waals surface area contributed by atoms with E-state index in [1.165, 1.54) is 20.2 Å².